The first-order valence-electron chi connectivity index (χ1n) is 18.7. The topological polar surface area (TPSA) is 200 Å². The summed E-state index contributed by atoms with van der Waals surface area (Å²) in [6, 6.07) is 26.3. The molecule has 60 heavy (non-hydrogen) atoms. The number of benzene rings is 5. The molecule has 0 aliphatic carbocycles. The highest BCUT2D eigenvalue weighted by Gasteiger charge is 2.27. The first-order chi connectivity index (χ1) is 28.8. The molecule has 0 saturated carbocycles. The zero-order chi connectivity index (χ0) is 43.3. The van der Waals surface area contributed by atoms with Crippen LogP contribution in [0.1, 0.15) is 59.5 Å². The largest absolute Gasteiger partial charge is 0.323 e. The van der Waals surface area contributed by atoms with Crippen molar-refractivity contribution in [2.45, 2.75) is 52.6 Å². The predicted molar refractivity (Wildman–Crippen MR) is 232 cm³/mol. The highest BCUT2D eigenvalue weighted by Crippen LogP contribution is 2.30. The predicted octanol–water partition coefficient (Wildman–Crippen LogP) is 9.98. The first-order valence-corrected chi connectivity index (χ1v) is 19.4. The number of amides is 4. The number of carbonyl (C=O) groups excluding carboxylic acids is 6. The minimum absolute atomic E-state index is 0.148. The Balaban J connectivity index is 1.31. The van der Waals surface area contributed by atoms with E-state index in [-0.39, 0.29) is 32.5 Å². The van der Waals surface area contributed by atoms with Gasteiger partial charge in [-0.2, -0.15) is 20.5 Å². The summed E-state index contributed by atoms with van der Waals surface area (Å²) in [7, 11) is 0. The molecule has 2 unspecified atom stereocenters. The molecule has 4 N–H and O–H groups in total. The molecule has 14 nitrogen and oxygen atoms in total. The summed E-state index contributed by atoms with van der Waals surface area (Å²) >= 11 is 12.5. The molecule has 0 saturated heterocycles. The Kier molecular flexibility index (Phi) is 15.2. The Morgan fingerprint density at radius 3 is 1.22 bits per heavy atom. The minimum Gasteiger partial charge on any atom is -0.323 e. The van der Waals surface area contributed by atoms with Gasteiger partial charge in [-0.15, -0.1) is 0 Å². The van der Waals surface area contributed by atoms with E-state index in [0.29, 0.717) is 46.7 Å². The number of hydrogen-bond acceptors (Lipinski definition) is 10. The van der Waals surface area contributed by atoms with Crippen LogP contribution in [0.15, 0.2) is 130 Å². The van der Waals surface area contributed by atoms with E-state index < -0.39 is 47.3 Å². The van der Waals surface area contributed by atoms with Crippen LogP contribution in [0.4, 0.5) is 34.1 Å². The second-order valence-electron chi connectivity index (χ2n) is 13.3. The number of hydrogen-bond donors (Lipinski definition) is 4. The third-order valence-electron chi connectivity index (χ3n) is 8.85. The van der Waals surface area contributed by atoms with Gasteiger partial charge in [0.05, 0.1) is 11.4 Å². The number of Topliss-reactive ketones (excluding diaryl/α,β-unsaturated/α-hetero) is 2. The van der Waals surface area contributed by atoms with Gasteiger partial charge in [-0.25, -0.2) is 0 Å². The summed E-state index contributed by atoms with van der Waals surface area (Å²) in [6.07, 6.45) is 0.825. The van der Waals surface area contributed by atoms with Crippen molar-refractivity contribution in [3.05, 3.63) is 141 Å². The van der Waals surface area contributed by atoms with E-state index in [1.807, 2.05) is 26.0 Å². The summed E-state index contributed by atoms with van der Waals surface area (Å²) < 4.78 is 0. The maximum Gasteiger partial charge on any atom is 0.258 e. The Morgan fingerprint density at radius 1 is 0.517 bits per heavy atom. The molecular weight excluding hydrogens is 807 g/mol. The van der Waals surface area contributed by atoms with E-state index in [1.54, 1.807) is 60.7 Å². The van der Waals surface area contributed by atoms with Crippen LogP contribution in [0.25, 0.3) is 0 Å². The molecule has 16 heteroatoms. The van der Waals surface area contributed by atoms with E-state index in [9.17, 15) is 28.8 Å². The molecule has 5 aromatic carbocycles. The summed E-state index contributed by atoms with van der Waals surface area (Å²) in [5.74, 6) is -3.60. The fourth-order valence-electron chi connectivity index (χ4n) is 6.00. The number of azo groups is 2. The van der Waals surface area contributed by atoms with Crippen LogP contribution in [-0.4, -0.2) is 47.3 Å². The van der Waals surface area contributed by atoms with Crippen LogP contribution in [0.2, 0.25) is 10.0 Å². The summed E-state index contributed by atoms with van der Waals surface area (Å²) in [4.78, 5) is 78.2. The van der Waals surface area contributed by atoms with Gasteiger partial charge in [0.15, 0.2) is 11.6 Å². The van der Waals surface area contributed by atoms with E-state index in [1.165, 1.54) is 50.2 Å². The van der Waals surface area contributed by atoms with E-state index in [4.69, 9.17) is 23.2 Å². The SMILES string of the molecule is CCc1c(NC(=O)C(N=Nc2cc(Cl)cc(C(=O)Nc3ccccc3)c2)C(C)=O)ccc(NC(=O)C(N=Nc2cc(Cl)cc(C(=O)Nc3ccccc3)c2)C(C)=O)c1CC. The lowest BCUT2D eigenvalue weighted by atomic mass is 9.98. The zero-order valence-corrected chi connectivity index (χ0v) is 34.5. The third-order valence-corrected chi connectivity index (χ3v) is 9.29. The molecule has 2 atom stereocenters. The first kappa shape index (κ1) is 44.2. The number of nitrogens with one attached hydrogen (secondary N) is 4. The standard InChI is InChI=1S/C44H40Cl2N8O6/c1-5-35-36(6-2)38(50-44(60)40(26(4)56)54-52-34-22-28(20-30(46)24-34)42(58)48-32-15-11-8-12-16-32)18-17-37(35)49-43(59)39(25(3)55)53-51-33-21-27(19-29(45)23-33)41(57)47-31-13-9-7-10-14-31/h7-24,39-40H,5-6H2,1-4H3,(H,47,57)(H,48,58)(H,49,59)(H,50,60). The molecule has 5 rings (SSSR count). The highest BCUT2D eigenvalue weighted by atomic mass is 35.5. The molecule has 0 aromatic heterocycles. The quantitative estimate of drug-likeness (QED) is 0.0562. The minimum atomic E-state index is -1.55. The van der Waals surface area contributed by atoms with Crippen LogP contribution < -0.4 is 21.3 Å². The average Bonchev–Trinajstić information content (AvgIpc) is 3.21. The number of halogens is 2. The number of anilines is 4. The molecule has 0 radical (unpaired) electrons. The Labute approximate surface area is 355 Å². The van der Waals surface area contributed by atoms with Crippen molar-refractivity contribution >= 4 is 92.5 Å². The van der Waals surface area contributed by atoms with E-state index in [0.717, 1.165) is 0 Å². The van der Waals surface area contributed by atoms with Gasteiger partial charge >= 0.3 is 0 Å². The molecule has 5 aromatic rings. The Bertz CT molecular complexity index is 2320. The molecule has 0 fully saturated rings. The molecule has 4 amide bonds. The normalized spacial score (nSPS) is 12.1. The van der Waals surface area contributed by atoms with Crippen LogP contribution in [-0.2, 0) is 32.0 Å². The lowest BCUT2D eigenvalue weighted by molar-refractivity contribution is -0.127. The number of para-hydroxylation sites is 2. The molecule has 0 bridgehead atoms. The van der Waals surface area contributed by atoms with E-state index in [2.05, 4.69) is 41.7 Å². The van der Waals surface area contributed by atoms with Crippen molar-refractivity contribution in [1.29, 1.82) is 0 Å². The zero-order valence-electron chi connectivity index (χ0n) is 33.0. The van der Waals surface area contributed by atoms with Crippen molar-refractivity contribution in [3.63, 3.8) is 0 Å². The summed E-state index contributed by atoms with van der Waals surface area (Å²) in [5, 5.41) is 27.6. The van der Waals surface area contributed by atoms with Gasteiger partial charge in [0, 0.05) is 43.9 Å². The molecular formula is C44H40Cl2N8O6. The van der Waals surface area contributed by atoms with Crippen LogP contribution in [0.3, 0.4) is 0 Å². The smallest absolute Gasteiger partial charge is 0.258 e. The van der Waals surface area contributed by atoms with Crippen molar-refractivity contribution in [2.24, 2.45) is 20.5 Å². The van der Waals surface area contributed by atoms with Gasteiger partial charge in [-0.1, -0.05) is 73.4 Å². The Morgan fingerprint density at radius 2 is 0.883 bits per heavy atom. The van der Waals surface area contributed by atoms with Crippen LogP contribution in [0.5, 0.6) is 0 Å². The van der Waals surface area contributed by atoms with Gasteiger partial charge in [-0.3, -0.25) is 28.8 Å². The summed E-state index contributed by atoms with van der Waals surface area (Å²) in [6.45, 7) is 6.12. The third kappa shape index (κ3) is 11.8. The second kappa shape index (κ2) is 20.7. The van der Waals surface area contributed by atoms with Gasteiger partial charge < -0.3 is 21.3 Å². The molecule has 0 heterocycles. The molecule has 0 aliphatic rings. The van der Waals surface area contributed by atoms with Crippen LogP contribution >= 0.6 is 23.2 Å². The lowest BCUT2D eigenvalue weighted by Crippen LogP contribution is -2.33. The van der Waals surface area contributed by atoms with Gasteiger partial charge in [-0.05, 0) is 111 Å². The monoisotopic (exact) mass is 846 g/mol. The number of ketones is 2. The molecule has 306 valence electrons. The fourth-order valence-corrected chi connectivity index (χ4v) is 6.46. The number of rotatable bonds is 16. The number of nitrogens with zero attached hydrogens (tertiary/aromatic N) is 4. The van der Waals surface area contributed by atoms with Crippen LogP contribution in [0, 0.1) is 0 Å². The second-order valence-corrected chi connectivity index (χ2v) is 14.2. The highest BCUT2D eigenvalue weighted by molar-refractivity contribution is 6.31. The average molecular weight is 848 g/mol. The van der Waals surface area contributed by atoms with Crippen molar-refractivity contribution in [2.75, 3.05) is 21.3 Å². The van der Waals surface area contributed by atoms with Gasteiger partial charge in [0.1, 0.15) is 0 Å². The number of carbonyl (C=O) groups is 6. The van der Waals surface area contributed by atoms with E-state index >= 15 is 0 Å². The van der Waals surface area contributed by atoms with Crippen molar-refractivity contribution in [3.8, 4) is 0 Å². The fraction of sp³-hybridized carbons (Fsp3) is 0.182. The maximum atomic E-state index is 13.5. The summed E-state index contributed by atoms with van der Waals surface area (Å²) in [5.41, 5.74) is 3.89. The van der Waals surface area contributed by atoms with Gasteiger partial charge in [0.2, 0.25) is 12.1 Å². The van der Waals surface area contributed by atoms with Crippen molar-refractivity contribution < 1.29 is 28.8 Å². The molecule has 0 spiro atoms. The van der Waals surface area contributed by atoms with Gasteiger partial charge in [0.25, 0.3) is 23.6 Å². The Hall–Kier alpha value is -6.90. The maximum absolute atomic E-state index is 13.5. The molecule has 0 aliphatic heterocycles. The van der Waals surface area contributed by atoms with Crippen molar-refractivity contribution in [1.82, 2.24) is 0 Å². The lowest BCUT2D eigenvalue weighted by Gasteiger charge is -2.20.